The number of likely N-dealkylation sites (tertiary alicyclic amines) is 1. The minimum Gasteiger partial charge on any atom is -0.394 e. The number of carbonyl (C=O) groups excluding carboxylic acids is 1. The maximum atomic E-state index is 12.5. The van der Waals surface area contributed by atoms with Gasteiger partial charge in [-0.2, -0.15) is 5.10 Å². The van der Waals surface area contributed by atoms with E-state index in [0.29, 0.717) is 23.2 Å². The highest BCUT2D eigenvalue weighted by Crippen LogP contribution is 2.19. The number of aromatic nitrogens is 2. The minimum atomic E-state index is 0.0564. The van der Waals surface area contributed by atoms with E-state index in [0.717, 1.165) is 31.6 Å². The summed E-state index contributed by atoms with van der Waals surface area (Å²) in [6, 6.07) is 7.35. The molecule has 128 valence electrons. The van der Waals surface area contributed by atoms with E-state index in [-0.39, 0.29) is 12.5 Å². The van der Waals surface area contributed by atoms with Gasteiger partial charge in [0.15, 0.2) is 0 Å². The van der Waals surface area contributed by atoms with Crippen molar-refractivity contribution in [3.63, 3.8) is 0 Å². The lowest BCUT2D eigenvalue weighted by Gasteiger charge is -2.32. The normalized spacial score (nSPS) is 15.5. The first-order valence-electron chi connectivity index (χ1n) is 8.10. The van der Waals surface area contributed by atoms with Crippen molar-refractivity contribution in [3.8, 4) is 0 Å². The highest BCUT2D eigenvalue weighted by atomic mass is 35.5. The van der Waals surface area contributed by atoms with Crippen LogP contribution in [0.25, 0.3) is 0 Å². The number of piperidine rings is 1. The molecule has 1 fully saturated rings. The van der Waals surface area contributed by atoms with Gasteiger partial charge < -0.3 is 15.3 Å². The molecule has 1 aliphatic rings. The van der Waals surface area contributed by atoms with Crippen LogP contribution in [0.3, 0.4) is 0 Å². The predicted octanol–water partition coefficient (Wildman–Crippen LogP) is 2.25. The van der Waals surface area contributed by atoms with Gasteiger partial charge in [0.2, 0.25) is 0 Å². The van der Waals surface area contributed by atoms with Crippen LogP contribution in [0.15, 0.2) is 36.7 Å². The second kappa shape index (κ2) is 7.68. The van der Waals surface area contributed by atoms with E-state index in [1.807, 2.05) is 11.1 Å². The number of halogens is 1. The van der Waals surface area contributed by atoms with E-state index in [9.17, 15) is 4.79 Å². The molecule has 0 aliphatic carbocycles. The van der Waals surface area contributed by atoms with Gasteiger partial charge in [0, 0.05) is 35.9 Å². The Hall–Kier alpha value is -2.05. The van der Waals surface area contributed by atoms with Gasteiger partial charge in [-0.1, -0.05) is 11.6 Å². The van der Waals surface area contributed by atoms with E-state index in [2.05, 4.69) is 10.4 Å². The molecular weight excluding hydrogens is 328 g/mol. The number of benzene rings is 1. The van der Waals surface area contributed by atoms with Crippen LogP contribution in [-0.2, 0) is 6.54 Å². The molecule has 1 aromatic carbocycles. The molecule has 1 amide bonds. The first kappa shape index (κ1) is 16.8. The Morgan fingerprint density at radius 1 is 1.29 bits per heavy atom. The van der Waals surface area contributed by atoms with Gasteiger partial charge in [-0.25, -0.2) is 0 Å². The smallest absolute Gasteiger partial charge is 0.253 e. The molecule has 1 aromatic heterocycles. The topological polar surface area (TPSA) is 70.4 Å². The third-order valence-electron chi connectivity index (χ3n) is 4.21. The lowest BCUT2D eigenvalue weighted by molar-refractivity contribution is 0.0718. The minimum absolute atomic E-state index is 0.0564. The van der Waals surface area contributed by atoms with E-state index in [1.165, 1.54) is 0 Å². The second-order valence-electron chi connectivity index (χ2n) is 5.93. The van der Waals surface area contributed by atoms with E-state index in [4.69, 9.17) is 16.7 Å². The van der Waals surface area contributed by atoms with Crippen molar-refractivity contribution >= 4 is 23.2 Å². The Morgan fingerprint density at radius 2 is 2.00 bits per heavy atom. The molecule has 0 spiro atoms. The second-order valence-corrected chi connectivity index (χ2v) is 6.37. The third kappa shape index (κ3) is 4.07. The number of aliphatic hydroxyl groups is 1. The molecule has 0 atom stereocenters. The molecule has 0 unspecified atom stereocenters. The maximum absolute atomic E-state index is 12.5. The molecule has 0 bridgehead atoms. The molecule has 2 aromatic rings. The van der Waals surface area contributed by atoms with E-state index < -0.39 is 0 Å². The average Bonchev–Trinajstić information content (AvgIpc) is 3.03. The fourth-order valence-electron chi connectivity index (χ4n) is 2.90. The zero-order chi connectivity index (χ0) is 16.9. The fraction of sp³-hybridized carbons (Fsp3) is 0.412. The Kier molecular flexibility index (Phi) is 5.37. The van der Waals surface area contributed by atoms with Gasteiger partial charge >= 0.3 is 0 Å². The van der Waals surface area contributed by atoms with Gasteiger partial charge in [0.1, 0.15) is 0 Å². The van der Waals surface area contributed by atoms with Gasteiger partial charge in [0.25, 0.3) is 5.91 Å². The summed E-state index contributed by atoms with van der Waals surface area (Å²) >= 11 is 5.87. The molecule has 3 rings (SSSR count). The number of amides is 1. The molecule has 2 heterocycles. The van der Waals surface area contributed by atoms with Crippen molar-refractivity contribution in [1.82, 2.24) is 14.7 Å². The van der Waals surface area contributed by atoms with Crippen LogP contribution >= 0.6 is 11.6 Å². The Morgan fingerprint density at radius 3 is 2.67 bits per heavy atom. The Labute approximate surface area is 146 Å². The first-order chi connectivity index (χ1) is 11.7. The van der Waals surface area contributed by atoms with Crippen LogP contribution in [0, 0.1) is 0 Å². The highest BCUT2D eigenvalue weighted by Gasteiger charge is 2.23. The Balaban J connectivity index is 1.51. The molecule has 0 saturated carbocycles. The zero-order valence-electron chi connectivity index (χ0n) is 13.4. The number of nitrogens with one attached hydrogen (secondary N) is 1. The van der Waals surface area contributed by atoms with Crippen LogP contribution in [0.4, 0.5) is 5.69 Å². The number of hydrogen-bond donors (Lipinski definition) is 2. The summed E-state index contributed by atoms with van der Waals surface area (Å²) in [5.41, 5.74) is 1.63. The molecule has 2 N–H and O–H groups in total. The largest absolute Gasteiger partial charge is 0.394 e. The monoisotopic (exact) mass is 348 g/mol. The number of anilines is 1. The summed E-state index contributed by atoms with van der Waals surface area (Å²) in [5, 5.41) is 17.2. The van der Waals surface area contributed by atoms with Gasteiger partial charge in [-0.05, 0) is 37.1 Å². The highest BCUT2D eigenvalue weighted by molar-refractivity contribution is 6.30. The zero-order valence-corrected chi connectivity index (χ0v) is 14.1. The van der Waals surface area contributed by atoms with Crippen molar-refractivity contribution < 1.29 is 9.90 Å². The lowest BCUT2D eigenvalue weighted by atomic mass is 10.0. The maximum Gasteiger partial charge on any atom is 0.253 e. The fourth-order valence-corrected chi connectivity index (χ4v) is 3.03. The Bertz CT molecular complexity index is 678. The van der Waals surface area contributed by atoms with Crippen molar-refractivity contribution in [2.75, 3.05) is 25.0 Å². The molecule has 24 heavy (non-hydrogen) atoms. The van der Waals surface area contributed by atoms with Crippen molar-refractivity contribution in [2.45, 2.75) is 25.4 Å². The molecule has 6 nitrogen and oxygen atoms in total. The van der Waals surface area contributed by atoms with E-state index >= 15 is 0 Å². The number of aliphatic hydroxyl groups excluding tert-OH is 1. The van der Waals surface area contributed by atoms with Gasteiger partial charge in [-0.3, -0.25) is 9.48 Å². The number of rotatable bonds is 5. The summed E-state index contributed by atoms with van der Waals surface area (Å²) in [4.78, 5) is 14.4. The van der Waals surface area contributed by atoms with Gasteiger partial charge in [0.05, 0.1) is 25.0 Å². The summed E-state index contributed by atoms with van der Waals surface area (Å²) in [6.45, 7) is 2.02. The summed E-state index contributed by atoms with van der Waals surface area (Å²) in [7, 11) is 0. The predicted molar refractivity (Wildman–Crippen MR) is 93.3 cm³/mol. The number of nitrogens with zero attached hydrogens (tertiary/aromatic N) is 3. The van der Waals surface area contributed by atoms with Crippen molar-refractivity contribution in [2.24, 2.45) is 0 Å². The quantitative estimate of drug-likeness (QED) is 0.869. The SMILES string of the molecule is O=C(c1ccc(Cl)cc1)N1CCC(Nc2cnn(CCO)c2)CC1. The number of carbonyl (C=O) groups is 1. The van der Waals surface area contributed by atoms with Crippen LogP contribution in [0.5, 0.6) is 0 Å². The van der Waals surface area contributed by atoms with Crippen LogP contribution in [0.2, 0.25) is 5.02 Å². The van der Waals surface area contributed by atoms with Crippen LogP contribution in [-0.4, -0.2) is 51.4 Å². The molecule has 7 heteroatoms. The molecule has 0 radical (unpaired) electrons. The lowest BCUT2D eigenvalue weighted by Crippen LogP contribution is -2.42. The van der Waals surface area contributed by atoms with Crippen LogP contribution in [0.1, 0.15) is 23.2 Å². The summed E-state index contributed by atoms with van der Waals surface area (Å²) in [5.74, 6) is 0.0564. The van der Waals surface area contributed by atoms with Crippen molar-refractivity contribution in [3.05, 3.63) is 47.2 Å². The van der Waals surface area contributed by atoms with E-state index in [1.54, 1.807) is 35.1 Å². The standard InChI is InChI=1S/C17H21ClN4O2/c18-14-3-1-13(2-4-14)17(24)21-7-5-15(6-8-21)20-16-11-19-22(12-16)9-10-23/h1-4,11-12,15,20,23H,5-10H2. The molecular formula is C17H21ClN4O2. The summed E-state index contributed by atoms with van der Waals surface area (Å²) in [6.07, 6.45) is 5.44. The first-order valence-corrected chi connectivity index (χ1v) is 8.48. The van der Waals surface area contributed by atoms with Gasteiger partial charge in [-0.15, -0.1) is 0 Å². The molecule has 1 aliphatic heterocycles. The van der Waals surface area contributed by atoms with Crippen LogP contribution < -0.4 is 5.32 Å². The summed E-state index contributed by atoms with van der Waals surface area (Å²) < 4.78 is 1.71. The molecule has 1 saturated heterocycles. The van der Waals surface area contributed by atoms with Crippen molar-refractivity contribution in [1.29, 1.82) is 0 Å². The average molecular weight is 349 g/mol. The number of hydrogen-bond acceptors (Lipinski definition) is 4. The third-order valence-corrected chi connectivity index (χ3v) is 4.46.